The third kappa shape index (κ3) is 2.09. The van der Waals surface area contributed by atoms with Crippen LogP contribution in [0, 0.1) is 0 Å². The maximum atomic E-state index is 4.09. The van der Waals surface area contributed by atoms with Gasteiger partial charge in [-0.15, -0.1) is 11.3 Å². The van der Waals surface area contributed by atoms with Crippen molar-refractivity contribution in [3.8, 4) is 0 Å². The first-order valence-electron chi connectivity index (χ1n) is 4.50. The molecule has 0 aliphatic carbocycles. The first-order valence-corrected chi connectivity index (χ1v) is 5.38. The summed E-state index contributed by atoms with van der Waals surface area (Å²) in [6.45, 7) is 2.14. The van der Waals surface area contributed by atoms with E-state index in [0.29, 0.717) is 5.95 Å². The van der Waals surface area contributed by atoms with Gasteiger partial charge in [-0.05, 0) is 29.5 Å². The Hall–Kier alpha value is -1.42. The highest BCUT2D eigenvalue weighted by Gasteiger charge is 1.99. The van der Waals surface area contributed by atoms with Crippen LogP contribution in [0.2, 0.25) is 0 Å². The molecular weight excluding hydrogens is 194 g/mol. The van der Waals surface area contributed by atoms with Crippen LogP contribution in [0.4, 0.5) is 10.9 Å². The van der Waals surface area contributed by atoms with Crippen molar-refractivity contribution < 1.29 is 0 Å². The lowest BCUT2D eigenvalue weighted by Gasteiger charge is -1.98. The van der Waals surface area contributed by atoms with E-state index in [9.17, 15) is 0 Å². The zero-order chi connectivity index (χ0) is 9.80. The highest BCUT2D eigenvalue weighted by atomic mass is 32.1. The fourth-order valence-electron chi connectivity index (χ4n) is 1.10. The predicted octanol–water partition coefficient (Wildman–Crippen LogP) is 2.84. The van der Waals surface area contributed by atoms with Crippen LogP contribution >= 0.6 is 11.3 Å². The molecule has 0 aliphatic heterocycles. The van der Waals surface area contributed by atoms with Gasteiger partial charge < -0.3 is 5.32 Å². The highest BCUT2D eigenvalue weighted by molar-refractivity contribution is 7.14. The van der Waals surface area contributed by atoms with Gasteiger partial charge in [0.1, 0.15) is 0 Å². The molecule has 0 saturated heterocycles. The molecule has 0 aromatic carbocycles. The lowest BCUT2D eigenvalue weighted by atomic mass is 10.3. The number of hydrogen-bond donors (Lipinski definition) is 1. The van der Waals surface area contributed by atoms with Gasteiger partial charge >= 0.3 is 0 Å². The minimum atomic E-state index is 0.650. The summed E-state index contributed by atoms with van der Waals surface area (Å²) in [5.74, 6) is 0.650. The number of anilines is 2. The van der Waals surface area contributed by atoms with E-state index in [1.165, 1.54) is 5.56 Å². The van der Waals surface area contributed by atoms with E-state index in [4.69, 9.17) is 0 Å². The molecule has 2 rings (SSSR count). The SMILES string of the molecule is CCc1csc(Nc2ncccn2)c1. The van der Waals surface area contributed by atoms with Crippen molar-refractivity contribution in [3.63, 3.8) is 0 Å². The van der Waals surface area contributed by atoms with Gasteiger partial charge in [-0.1, -0.05) is 6.92 Å². The molecule has 2 aromatic heterocycles. The van der Waals surface area contributed by atoms with Crippen molar-refractivity contribution in [2.75, 3.05) is 5.32 Å². The molecule has 1 N–H and O–H groups in total. The number of rotatable bonds is 3. The molecule has 0 unspecified atom stereocenters. The minimum absolute atomic E-state index is 0.650. The Morgan fingerprint density at radius 2 is 2.14 bits per heavy atom. The summed E-state index contributed by atoms with van der Waals surface area (Å²) in [5, 5.41) is 6.39. The second-order valence-corrected chi connectivity index (χ2v) is 3.78. The number of hydrogen-bond acceptors (Lipinski definition) is 4. The molecule has 0 aliphatic rings. The Labute approximate surface area is 86.8 Å². The predicted molar refractivity (Wildman–Crippen MR) is 59.0 cm³/mol. The van der Waals surface area contributed by atoms with Crippen LogP contribution in [-0.2, 0) is 6.42 Å². The standard InChI is InChI=1S/C10H11N3S/c1-2-8-6-9(14-7-8)13-10-11-4-3-5-12-10/h3-7H,2H2,1H3,(H,11,12,13). The van der Waals surface area contributed by atoms with Crippen molar-refractivity contribution in [2.24, 2.45) is 0 Å². The molecule has 0 spiro atoms. The van der Waals surface area contributed by atoms with Gasteiger partial charge in [0.2, 0.25) is 5.95 Å². The lowest BCUT2D eigenvalue weighted by molar-refractivity contribution is 1.15. The zero-order valence-corrected chi connectivity index (χ0v) is 8.71. The second kappa shape index (κ2) is 4.19. The van der Waals surface area contributed by atoms with Crippen LogP contribution in [0.3, 0.4) is 0 Å². The van der Waals surface area contributed by atoms with Crippen molar-refractivity contribution in [1.29, 1.82) is 0 Å². The van der Waals surface area contributed by atoms with Gasteiger partial charge in [-0.3, -0.25) is 0 Å². The van der Waals surface area contributed by atoms with Crippen LogP contribution in [0.1, 0.15) is 12.5 Å². The number of thiophene rings is 1. The topological polar surface area (TPSA) is 37.8 Å². The Morgan fingerprint density at radius 3 is 2.79 bits per heavy atom. The Morgan fingerprint density at radius 1 is 1.36 bits per heavy atom. The van der Waals surface area contributed by atoms with Gasteiger partial charge in [0.15, 0.2) is 0 Å². The summed E-state index contributed by atoms with van der Waals surface area (Å²) in [6, 6.07) is 3.93. The fourth-order valence-corrected chi connectivity index (χ4v) is 1.98. The van der Waals surface area contributed by atoms with Gasteiger partial charge in [0.05, 0.1) is 5.00 Å². The molecule has 4 heteroatoms. The van der Waals surface area contributed by atoms with Crippen LogP contribution in [0.5, 0.6) is 0 Å². The second-order valence-electron chi connectivity index (χ2n) is 2.87. The van der Waals surface area contributed by atoms with E-state index in [0.717, 1.165) is 11.4 Å². The molecule has 0 bridgehead atoms. The molecule has 0 atom stereocenters. The van der Waals surface area contributed by atoms with Crippen molar-refractivity contribution in [1.82, 2.24) is 9.97 Å². The highest BCUT2D eigenvalue weighted by Crippen LogP contribution is 2.22. The molecule has 14 heavy (non-hydrogen) atoms. The number of aromatic nitrogens is 2. The maximum Gasteiger partial charge on any atom is 0.227 e. The monoisotopic (exact) mass is 205 g/mol. The Kier molecular flexibility index (Phi) is 2.74. The van der Waals surface area contributed by atoms with Crippen molar-refractivity contribution in [3.05, 3.63) is 35.5 Å². The minimum Gasteiger partial charge on any atom is -0.316 e. The molecular formula is C10H11N3S. The molecule has 0 radical (unpaired) electrons. The number of nitrogens with one attached hydrogen (secondary N) is 1. The Balaban J connectivity index is 2.11. The number of nitrogens with zero attached hydrogens (tertiary/aromatic N) is 2. The van der Waals surface area contributed by atoms with Crippen LogP contribution in [-0.4, -0.2) is 9.97 Å². The summed E-state index contributed by atoms with van der Waals surface area (Å²) < 4.78 is 0. The molecule has 0 saturated carbocycles. The summed E-state index contributed by atoms with van der Waals surface area (Å²) in [4.78, 5) is 8.19. The average molecular weight is 205 g/mol. The van der Waals surface area contributed by atoms with E-state index in [1.54, 1.807) is 29.8 Å². The average Bonchev–Trinajstić information content (AvgIpc) is 2.67. The van der Waals surface area contributed by atoms with Gasteiger partial charge in [0, 0.05) is 12.4 Å². The van der Waals surface area contributed by atoms with Crippen LogP contribution in [0.25, 0.3) is 0 Å². The van der Waals surface area contributed by atoms with Crippen molar-refractivity contribution in [2.45, 2.75) is 13.3 Å². The molecule has 0 amide bonds. The fraction of sp³-hybridized carbons (Fsp3) is 0.200. The van der Waals surface area contributed by atoms with E-state index >= 15 is 0 Å². The molecule has 2 aromatic rings. The molecule has 2 heterocycles. The molecule has 3 nitrogen and oxygen atoms in total. The third-order valence-electron chi connectivity index (χ3n) is 1.86. The van der Waals surface area contributed by atoms with Gasteiger partial charge in [0.25, 0.3) is 0 Å². The summed E-state index contributed by atoms with van der Waals surface area (Å²) >= 11 is 1.68. The largest absolute Gasteiger partial charge is 0.316 e. The van der Waals surface area contributed by atoms with Crippen LogP contribution in [0.15, 0.2) is 29.9 Å². The number of aryl methyl sites for hydroxylation is 1. The van der Waals surface area contributed by atoms with E-state index < -0.39 is 0 Å². The maximum absolute atomic E-state index is 4.09. The van der Waals surface area contributed by atoms with Gasteiger partial charge in [-0.2, -0.15) is 0 Å². The summed E-state index contributed by atoms with van der Waals surface area (Å²) in [5.41, 5.74) is 1.34. The third-order valence-corrected chi connectivity index (χ3v) is 2.76. The first-order chi connectivity index (χ1) is 6.88. The quantitative estimate of drug-likeness (QED) is 0.837. The smallest absolute Gasteiger partial charge is 0.227 e. The van der Waals surface area contributed by atoms with E-state index in [-0.39, 0.29) is 0 Å². The molecule has 72 valence electrons. The normalized spacial score (nSPS) is 10.1. The van der Waals surface area contributed by atoms with Crippen LogP contribution < -0.4 is 5.32 Å². The zero-order valence-electron chi connectivity index (χ0n) is 7.90. The van der Waals surface area contributed by atoms with E-state index in [2.05, 4.69) is 33.7 Å². The van der Waals surface area contributed by atoms with E-state index in [1.807, 2.05) is 0 Å². The van der Waals surface area contributed by atoms with Crippen molar-refractivity contribution >= 4 is 22.3 Å². The Bertz CT molecular complexity index is 397. The summed E-state index contributed by atoms with van der Waals surface area (Å²) in [7, 11) is 0. The van der Waals surface area contributed by atoms with Gasteiger partial charge in [-0.25, -0.2) is 9.97 Å². The lowest BCUT2D eigenvalue weighted by Crippen LogP contribution is -1.92. The first kappa shape index (κ1) is 9.15. The molecule has 0 fully saturated rings. The summed E-state index contributed by atoms with van der Waals surface area (Å²) in [6.07, 6.45) is 4.52.